The lowest BCUT2D eigenvalue weighted by Crippen LogP contribution is -2.56. The number of aliphatic carboxylic acids is 1. The summed E-state index contributed by atoms with van der Waals surface area (Å²) in [5.74, 6) is -1.87. The van der Waals surface area contributed by atoms with Crippen LogP contribution in [-0.2, 0) is 25.5 Å². The van der Waals surface area contributed by atoms with Crippen LogP contribution >= 0.6 is 0 Å². The molecule has 1 aromatic rings. The van der Waals surface area contributed by atoms with Crippen LogP contribution in [0.25, 0.3) is 0 Å². The van der Waals surface area contributed by atoms with Crippen molar-refractivity contribution < 1.29 is 24.2 Å². The number of nitrogens with zero attached hydrogens (tertiary/aromatic N) is 1. The van der Waals surface area contributed by atoms with E-state index in [-0.39, 0.29) is 6.42 Å². The summed E-state index contributed by atoms with van der Waals surface area (Å²) in [4.78, 5) is 35.4. The van der Waals surface area contributed by atoms with Crippen LogP contribution in [0.4, 0.5) is 0 Å². The van der Waals surface area contributed by atoms with E-state index in [2.05, 4.69) is 4.74 Å². The van der Waals surface area contributed by atoms with Gasteiger partial charge in [0.25, 0.3) is 0 Å². The first-order valence-electron chi connectivity index (χ1n) is 6.75. The molecular weight excluding hydrogens is 288 g/mol. The summed E-state index contributed by atoms with van der Waals surface area (Å²) in [6, 6.07) is 5.86. The van der Waals surface area contributed by atoms with Gasteiger partial charge in [-0.15, -0.1) is 0 Å². The SMILES string of the molecule is COC(=O)C(N)C(C)N(C=O)C(Cc1ccccc1)C(=O)O. The third-order valence-corrected chi connectivity index (χ3v) is 3.50. The lowest BCUT2D eigenvalue weighted by Gasteiger charge is -2.33. The molecule has 3 N–H and O–H groups in total. The van der Waals surface area contributed by atoms with Gasteiger partial charge in [0.15, 0.2) is 0 Å². The van der Waals surface area contributed by atoms with Crippen molar-refractivity contribution in [2.24, 2.45) is 5.73 Å². The largest absolute Gasteiger partial charge is 0.480 e. The predicted molar refractivity (Wildman–Crippen MR) is 78.9 cm³/mol. The molecule has 0 spiro atoms. The van der Waals surface area contributed by atoms with Gasteiger partial charge in [-0.25, -0.2) is 4.79 Å². The van der Waals surface area contributed by atoms with Crippen molar-refractivity contribution >= 4 is 18.3 Å². The third-order valence-electron chi connectivity index (χ3n) is 3.50. The summed E-state index contributed by atoms with van der Waals surface area (Å²) in [6.07, 6.45) is 0.516. The fraction of sp³-hybridized carbons (Fsp3) is 0.400. The van der Waals surface area contributed by atoms with Crippen LogP contribution in [0.15, 0.2) is 30.3 Å². The fourth-order valence-corrected chi connectivity index (χ4v) is 2.13. The predicted octanol–water partition coefficient (Wildman–Crippen LogP) is 0.0295. The number of carbonyl (C=O) groups excluding carboxylic acids is 2. The van der Waals surface area contributed by atoms with E-state index in [0.29, 0.717) is 6.41 Å². The first-order valence-corrected chi connectivity index (χ1v) is 6.75. The van der Waals surface area contributed by atoms with E-state index in [4.69, 9.17) is 5.73 Å². The number of hydrogen-bond donors (Lipinski definition) is 2. The monoisotopic (exact) mass is 308 g/mol. The molecule has 1 amide bonds. The molecule has 0 aliphatic rings. The van der Waals surface area contributed by atoms with Gasteiger partial charge in [0.05, 0.1) is 13.2 Å². The average molecular weight is 308 g/mol. The molecule has 3 unspecified atom stereocenters. The number of carboxylic acid groups (broad SMARTS) is 1. The third kappa shape index (κ3) is 4.29. The van der Waals surface area contributed by atoms with Gasteiger partial charge in [-0.3, -0.25) is 9.59 Å². The van der Waals surface area contributed by atoms with Gasteiger partial charge >= 0.3 is 11.9 Å². The second kappa shape index (κ2) is 8.14. The number of ether oxygens (including phenoxy) is 1. The Labute approximate surface area is 128 Å². The van der Waals surface area contributed by atoms with Gasteiger partial charge in [0.2, 0.25) is 6.41 Å². The average Bonchev–Trinajstić information content (AvgIpc) is 2.53. The topological polar surface area (TPSA) is 110 Å². The van der Waals surface area contributed by atoms with E-state index in [9.17, 15) is 19.5 Å². The Hall–Kier alpha value is -2.41. The van der Waals surface area contributed by atoms with Crippen molar-refractivity contribution in [3.8, 4) is 0 Å². The first kappa shape index (κ1) is 17.6. The molecule has 0 fully saturated rings. The van der Waals surface area contributed by atoms with Crippen molar-refractivity contribution in [1.82, 2.24) is 4.90 Å². The Bertz CT molecular complexity index is 520. The molecule has 3 atom stereocenters. The quantitative estimate of drug-likeness (QED) is 0.518. The second-order valence-electron chi connectivity index (χ2n) is 4.89. The minimum atomic E-state index is -1.17. The first-order chi connectivity index (χ1) is 10.4. The Kier molecular flexibility index (Phi) is 6.52. The van der Waals surface area contributed by atoms with Crippen molar-refractivity contribution in [2.75, 3.05) is 7.11 Å². The molecule has 0 radical (unpaired) electrons. The number of methoxy groups -OCH3 is 1. The molecule has 0 heterocycles. The highest BCUT2D eigenvalue weighted by atomic mass is 16.5. The second-order valence-corrected chi connectivity index (χ2v) is 4.89. The molecule has 0 bridgehead atoms. The fourth-order valence-electron chi connectivity index (χ4n) is 2.13. The Morgan fingerprint density at radius 3 is 2.41 bits per heavy atom. The molecule has 1 rings (SSSR count). The maximum Gasteiger partial charge on any atom is 0.326 e. The minimum Gasteiger partial charge on any atom is -0.480 e. The van der Waals surface area contributed by atoms with Gasteiger partial charge in [-0.1, -0.05) is 30.3 Å². The molecule has 1 aromatic carbocycles. The number of rotatable bonds is 8. The Balaban J connectivity index is 2.98. The van der Waals surface area contributed by atoms with E-state index in [1.165, 1.54) is 14.0 Å². The summed E-state index contributed by atoms with van der Waals surface area (Å²) in [6.45, 7) is 1.51. The van der Waals surface area contributed by atoms with Gasteiger partial charge < -0.3 is 20.5 Å². The van der Waals surface area contributed by atoms with Crippen LogP contribution in [0.2, 0.25) is 0 Å². The lowest BCUT2D eigenvalue weighted by atomic mass is 10.0. The van der Waals surface area contributed by atoms with Gasteiger partial charge in [0, 0.05) is 6.42 Å². The number of nitrogens with two attached hydrogens (primary N) is 1. The molecule has 7 heteroatoms. The summed E-state index contributed by atoms with van der Waals surface area (Å²) in [5, 5.41) is 9.41. The highest BCUT2D eigenvalue weighted by Crippen LogP contribution is 2.13. The molecule has 0 saturated carbocycles. The smallest absolute Gasteiger partial charge is 0.326 e. The van der Waals surface area contributed by atoms with E-state index in [1.807, 2.05) is 6.07 Å². The Morgan fingerprint density at radius 2 is 1.95 bits per heavy atom. The molecule has 0 saturated heterocycles. The number of amides is 1. The summed E-state index contributed by atoms with van der Waals surface area (Å²) in [7, 11) is 1.18. The zero-order valence-electron chi connectivity index (χ0n) is 12.5. The normalized spacial score (nSPS) is 14.5. The van der Waals surface area contributed by atoms with E-state index >= 15 is 0 Å². The molecule has 0 aromatic heterocycles. The van der Waals surface area contributed by atoms with E-state index in [1.54, 1.807) is 24.3 Å². The summed E-state index contributed by atoms with van der Waals surface area (Å²) >= 11 is 0. The van der Waals surface area contributed by atoms with Crippen LogP contribution in [-0.4, -0.2) is 53.6 Å². The number of benzene rings is 1. The molecule has 22 heavy (non-hydrogen) atoms. The van der Waals surface area contributed by atoms with Crippen LogP contribution in [0.1, 0.15) is 12.5 Å². The Morgan fingerprint density at radius 1 is 1.36 bits per heavy atom. The number of carboxylic acids is 1. The van der Waals surface area contributed by atoms with Crippen molar-refractivity contribution in [3.05, 3.63) is 35.9 Å². The van der Waals surface area contributed by atoms with Crippen molar-refractivity contribution in [1.29, 1.82) is 0 Å². The maximum absolute atomic E-state index is 11.5. The molecule has 0 aliphatic carbocycles. The molecule has 120 valence electrons. The molecular formula is C15H20N2O5. The van der Waals surface area contributed by atoms with Gasteiger partial charge in [-0.2, -0.15) is 0 Å². The highest BCUT2D eigenvalue weighted by Gasteiger charge is 2.34. The van der Waals surface area contributed by atoms with Crippen LogP contribution < -0.4 is 5.73 Å². The summed E-state index contributed by atoms with van der Waals surface area (Å²) in [5.41, 5.74) is 6.48. The standard InChI is InChI=1S/C15H20N2O5/c1-10(13(16)15(21)22-2)17(9-18)12(14(19)20)8-11-6-4-3-5-7-11/h3-7,9-10,12-13H,8,16H2,1-2H3,(H,19,20). The number of carbonyl (C=O) groups is 3. The molecule has 0 aliphatic heterocycles. The lowest BCUT2D eigenvalue weighted by molar-refractivity contribution is -0.151. The van der Waals surface area contributed by atoms with Crippen LogP contribution in [0.5, 0.6) is 0 Å². The zero-order chi connectivity index (χ0) is 16.7. The highest BCUT2D eigenvalue weighted by molar-refractivity contribution is 5.79. The zero-order valence-corrected chi connectivity index (χ0v) is 12.5. The van der Waals surface area contributed by atoms with Crippen LogP contribution in [0.3, 0.4) is 0 Å². The van der Waals surface area contributed by atoms with Crippen molar-refractivity contribution in [2.45, 2.75) is 31.5 Å². The van der Waals surface area contributed by atoms with Crippen molar-refractivity contribution in [3.63, 3.8) is 0 Å². The van der Waals surface area contributed by atoms with E-state index in [0.717, 1.165) is 10.5 Å². The van der Waals surface area contributed by atoms with Crippen LogP contribution in [0, 0.1) is 0 Å². The number of esters is 1. The maximum atomic E-state index is 11.5. The summed E-state index contributed by atoms with van der Waals surface area (Å²) < 4.78 is 4.53. The minimum absolute atomic E-state index is 0.118. The molecule has 7 nitrogen and oxygen atoms in total. The number of hydrogen-bond acceptors (Lipinski definition) is 5. The van der Waals surface area contributed by atoms with Gasteiger partial charge in [-0.05, 0) is 12.5 Å². The van der Waals surface area contributed by atoms with Gasteiger partial charge in [0.1, 0.15) is 12.1 Å². The van der Waals surface area contributed by atoms with E-state index < -0.39 is 30.1 Å².